The Morgan fingerprint density at radius 3 is 2.45 bits per heavy atom. The molecule has 1 N–H and O–H groups in total. The van der Waals surface area contributed by atoms with E-state index in [0.29, 0.717) is 12.3 Å². The molecule has 2 rings (SSSR count). The minimum absolute atomic E-state index is 0.0329. The maximum absolute atomic E-state index is 13.0. The summed E-state index contributed by atoms with van der Waals surface area (Å²) in [6.07, 6.45) is 0.484. The van der Waals surface area contributed by atoms with Crippen LogP contribution in [-0.4, -0.2) is 28.6 Å². The van der Waals surface area contributed by atoms with Crippen LogP contribution in [0.15, 0.2) is 24.3 Å². The van der Waals surface area contributed by atoms with Gasteiger partial charge in [0.15, 0.2) is 0 Å². The van der Waals surface area contributed by atoms with Gasteiger partial charge in [-0.2, -0.15) is 5.10 Å². The molecule has 0 saturated carbocycles. The van der Waals surface area contributed by atoms with E-state index >= 15 is 0 Å². The van der Waals surface area contributed by atoms with Crippen molar-refractivity contribution in [3.8, 4) is 11.6 Å². The third-order valence-electron chi connectivity index (χ3n) is 3.14. The molecule has 0 unspecified atom stereocenters. The molecule has 0 aliphatic carbocycles. The number of halogens is 1. The smallest absolute Gasteiger partial charge is 0.220 e. The standard InChI is InChI=1S/C15H19FN2O2/c1-10(2)14-13(8-9-19)15(20-3)18(17-14)12-6-4-11(16)5-7-12/h4-7,10,19H,8-9H2,1-3H3. The zero-order valence-electron chi connectivity index (χ0n) is 11.9. The maximum Gasteiger partial charge on any atom is 0.220 e. The van der Waals surface area contributed by atoms with Crippen LogP contribution in [0, 0.1) is 5.82 Å². The molecular weight excluding hydrogens is 259 g/mol. The van der Waals surface area contributed by atoms with Crippen molar-refractivity contribution >= 4 is 0 Å². The van der Waals surface area contributed by atoms with Crippen LogP contribution in [0.2, 0.25) is 0 Å². The van der Waals surface area contributed by atoms with Crippen LogP contribution in [0.1, 0.15) is 31.0 Å². The molecule has 4 nitrogen and oxygen atoms in total. The van der Waals surface area contributed by atoms with Crippen molar-refractivity contribution in [1.82, 2.24) is 9.78 Å². The molecule has 1 aromatic heterocycles. The summed E-state index contributed by atoms with van der Waals surface area (Å²) in [5.41, 5.74) is 2.52. The number of hydrogen-bond donors (Lipinski definition) is 1. The highest BCUT2D eigenvalue weighted by molar-refractivity contribution is 5.42. The molecule has 0 saturated heterocycles. The number of ether oxygens (including phenoxy) is 1. The van der Waals surface area contributed by atoms with Crippen LogP contribution >= 0.6 is 0 Å². The van der Waals surface area contributed by atoms with Crippen LogP contribution < -0.4 is 4.74 Å². The second-order valence-electron chi connectivity index (χ2n) is 4.89. The Hall–Kier alpha value is -1.88. The zero-order chi connectivity index (χ0) is 14.7. The van der Waals surface area contributed by atoms with Crippen molar-refractivity contribution in [2.75, 3.05) is 13.7 Å². The summed E-state index contributed by atoms with van der Waals surface area (Å²) in [4.78, 5) is 0. The average molecular weight is 278 g/mol. The first kappa shape index (κ1) is 14.5. The summed E-state index contributed by atoms with van der Waals surface area (Å²) < 4.78 is 20.1. The van der Waals surface area contributed by atoms with E-state index in [2.05, 4.69) is 5.10 Å². The summed E-state index contributed by atoms with van der Waals surface area (Å²) in [5, 5.41) is 13.8. The fraction of sp³-hybridized carbons (Fsp3) is 0.400. The van der Waals surface area contributed by atoms with Gasteiger partial charge in [0.05, 0.1) is 18.5 Å². The molecular formula is C15H19FN2O2. The molecule has 0 aliphatic heterocycles. The molecule has 5 heteroatoms. The Bertz CT molecular complexity index is 576. The molecule has 2 aromatic rings. The fourth-order valence-electron chi connectivity index (χ4n) is 2.23. The SMILES string of the molecule is COc1c(CCO)c(C(C)C)nn1-c1ccc(F)cc1. The fourth-order valence-corrected chi connectivity index (χ4v) is 2.23. The summed E-state index contributed by atoms with van der Waals surface area (Å²) in [6, 6.07) is 6.07. The molecule has 1 heterocycles. The molecule has 0 aliphatic rings. The number of nitrogens with zero attached hydrogens (tertiary/aromatic N) is 2. The van der Waals surface area contributed by atoms with Gasteiger partial charge in [-0.1, -0.05) is 13.8 Å². The van der Waals surface area contributed by atoms with Gasteiger partial charge in [-0.15, -0.1) is 0 Å². The van der Waals surface area contributed by atoms with E-state index in [-0.39, 0.29) is 18.3 Å². The van der Waals surface area contributed by atoms with Gasteiger partial charge in [-0.3, -0.25) is 0 Å². The Morgan fingerprint density at radius 2 is 1.95 bits per heavy atom. The number of aromatic nitrogens is 2. The Labute approximate surface area is 117 Å². The molecule has 1 aromatic carbocycles. The first-order chi connectivity index (χ1) is 9.58. The van der Waals surface area contributed by atoms with E-state index < -0.39 is 0 Å². The highest BCUT2D eigenvalue weighted by atomic mass is 19.1. The van der Waals surface area contributed by atoms with Crippen molar-refractivity contribution in [1.29, 1.82) is 0 Å². The normalized spacial score (nSPS) is 11.1. The lowest BCUT2D eigenvalue weighted by atomic mass is 10.0. The van der Waals surface area contributed by atoms with Gasteiger partial charge >= 0.3 is 0 Å². The largest absolute Gasteiger partial charge is 0.481 e. The van der Waals surface area contributed by atoms with E-state index in [1.54, 1.807) is 23.9 Å². The topological polar surface area (TPSA) is 47.3 Å². The maximum atomic E-state index is 13.0. The van der Waals surface area contributed by atoms with Crippen molar-refractivity contribution in [2.45, 2.75) is 26.2 Å². The minimum Gasteiger partial charge on any atom is -0.481 e. The van der Waals surface area contributed by atoms with Gasteiger partial charge in [0.25, 0.3) is 0 Å². The Balaban J connectivity index is 2.57. The molecule has 0 amide bonds. The number of hydrogen-bond acceptors (Lipinski definition) is 3. The first-order valence-electron chi connectivity index (χ1n) is 6.61. The minimum atomic E-state index is -0.292. The predicted molar refractivity (Wildman–Crippen MR) is 75.0 cm³/mol. The Kier molecular flexibility index (Phi) is 4.39. The summed E-state index contributed by atoms with van der Waals surface area (Å²) in [5.74, 6) is 0.515. The Morgan fingerprint density at radius 1 is 1.30 bits per heavy atom. The number of methoxy groups -OCH3 is 1. The van der Waals surface area contributed by atoms with Crippen LogP contribution in [0.25, 0.3) is 5.69 Å². The summed E-state index contributed by atoms with van der Waals surface area (Å²) >= 11 is 0. The molecule has 108 valence electrons. The lowest BCUT2D eigenvalue weighted by molar-refractivity contribution is 0.295. The lowest BCUT2D eigenvalue weighted by Crippen LogP contribution is -2.01. The molecule has 20 heavy (non-hydrogen) atoms. The highest BCUT2D eigenvalue weighted by Crippen LogP contribution is 2.30. The van der Waals surface area contributed by atoms with Crippen LogP contribution in [-0.2, 0) is 6.42 Å². The summed E-state index contributed by atoms with van der Waals surface area (Å²) in [6.45, 7) is 4.11. The van der Waals surface area contributed by atoms with Gasteiger partial charge in [-0.05, 0) is 30.2 Å². The van der Waals surface area contributed by atoms with Crippen molar-refractivity contribution in [2.24, 2.45) is 0 Å². The van der Waals surface area contributed by atoms with E-state index in [9.17, 15) is 9.50 Å². The van der Waals surface area contributed by atoms with Gasteiger partial charge in [0.1, 0.15) is 5.82 Å². The molecule has 0 atom stereocenters. The number of rotatable bonds is 5. The zero-order valence-corrected chi connectivity index (χ0v) is 11.9. The molecule has 0 radical (unpaired) electrons. The first-order valence-corrected chi connectivity index (χ1v) is 6.61. The van der Waals surface area contributed by atoms with E-state index in [1.807, 2.05) is 13.8 Å². The predicted octanol–water partition coefficient (Wildman–Crippen LogP) is 2.68. The quantitative estimate of drug-likeness (QED) is 0.914. The van der Waals surface area contributed by atoms with Gasteiger partial charge < -0.3 is 9.84 Å². The second kappa shape index (κ2) is 6.05. The molecule has 0 bridgehead atoms. The third kappa shape index (κ3) is 2.67. The van der Waals surface area contributed by atoms with Crippen LogP contribution in [0.5, 0.6) is 5.88 Å². The van der Waals surface area contributed by atoms with Crippen molar-refractivity contribution in [3.05, 3.63) is 41.3 Å². The van der Waals surface area contributed by atoms with E-state index in [4.69, 9.17) is 4.74 Å². The number of aliphatic hydroxyl groups is 1. The van der Waals surface area contributed by atoms with E-state index in [0.717, 1.165) is 16.9 Å². The lowest BCUT2D eigenvalue weighted by Gasteiger charge is -2.07. The number of benzene rings is 1. The van der Waals surface area contributed by atoms with Gasteiger partial charge in [0, 0.05) is 18.6 Å². The van der Waals surface area contributed by atoms with Gasteiger partial charge in [-0.25, -0.2) is 9.07 Å². The van der Waals surface area contributed by atoms with E-state index in [1.165, 1.54) is 12.1 Å². The molecule has 0 fully saturated rings. The second-order valence-corrected chi connectivity index (χ2v) is 4.89. The van der Waals surface area contributed by atoms with Crippen molar-refractivity contribution < 1.29 is 14.2 Å². The third-order valence-corrected chi connectivity index (χ3v) is 3.14. The van der Waals surface area contributed by atoms with Gasteiger partial charge in [0.2, 0.25) is 5.88 Å². The van der Waals surface area contributed by atoms with Crippen molar-refractivity contribution in [3.63, 3.8) is 0 Å². The van der Waals surface area contributed by atoms with Crippen LogP contribution in [0.4, 0.5) is 4.39 Å². The average Bonchev–Trinajstić information content (AvgIpc) is 2.79. The number of aliphatic hydroxyl groups excluding tert-OH is 1. The summed E-state index contributed by atoms with van der Waals surface area (Å²) in [7, 11) is 1.57. The highest BCUT2D eigenvalue weighted by Gasteiger charge is 2.21. The molecule has 0 spiro atoms. The monoisotopic (exact) mass is 278 g/mol. The van der Waals surface area contributed by atoms with Crippen LogP contribution in [0.3, 0.4) is 0 Å².